The zero-order valence-corrected chi connectivity index (χ0v) is 30.4. The second kappa shape index (κ2) is 11.5. The van der Waals surface area contributed by atoms with Gasteiger partial charge in [-0.05, 0) is 59.7 Å². The lowest BCUT2D eigenvalue weighted by molar-refractivity contribution is 1.03. The van der Waals surface area contributed by atoms with Crippen LogP contribution in [0.25, 0.3) is 98.3 Å². The van der Waals surface area contributed by atoms with Gasteiger partial charge in [0.25, 0.3) is 0 Å². The average Bonchev–Trinajstić information content (AvgIpc) is 3.89. The third-order valence-corrected chi connectivity index (χ3v) is 12.9. The van der Waals surface area contributed by atoms with Crippen molar-refractivity contribution in [2.75, 3.05) is 0 Å². The van der Waals surface area contributed by atoms with Crippen molar-refractivity contribution in [2.24, 2.45) is 0 Å². The molecule has 0 atom stereocenters. The van der Waals surface area contributed by atoms with Gasteiger partial charge in [0, 0.05) is 58.2 Å². The van der Waals surface area contributed by atoms with Gasteiger partial charge in [0.05, 0.1) is 22.4 Å². The van der Waals surface area contributed by atoms with Crippen LogP contribution in [-0.4, -0.2) is 19.1 Å². The topological polar surface area (TPSA) is 35.6 Å². The SMILES string of the molecule is c1ccc(-c2nc(-c3cccc(-c4ccc5c6c7cccc8c7n(c6n(-c6ccccc6)c5c4)-c4ccccc4S8)c3)nc3sc4ccccc4c23)cc1. The highest BCUT2D eigenvalue weighted by molar-refractivity contribution is 7.99. The average molecular weight is 725 g/mol. The highest BCUT2D eigenvalue weighted by Gasteiger charge is 2.28. The van der Waals surface area contributed by atoms with Gasteiger partial charge < -0.3 is 0 Å². The number of benzene rings is 7. The predicted molar refractivity (Wildman–Crippen MR) is 227 cm³/mol. The molecule has 1 aliphatic rings. The van der Waals surface area contributed by atoms with Crippen LogP contribution in [0.15, 0.2) is 180 Å². The predicted octanol–water partition coefficient (Wildman–Crippen LogP) is 13.4. The summed E-state index contributed by atoms with van der Waals surface area (Å²) in [6.45, 7) is 0. The lowest BCUT2D eigenvalue weighted by Crippen LogP contribution is -2.05. The number of rotatable bonds is 4. The normalized spacial score (nSPS) is 12.4. The van der Waals surface area contributed by atoms with E-state index in [1.807, 2.05) is 11.8 Å². The third kappa shape index (κ3) is 4.32. The van der Waals surface area contributed by atoms with Crippen molar-refractivity contribution >= 4 is 76.2 Å². The monoisotopic (exact) mass is 724 g/mol. The Balaban J connectivity index is 1.09. The Morgan fingerprint density at radius 3 is 2.07 bits per heavy atom. The van der Waals surface area contributed by atoms with E-state index in [2.05, 4.69) is 179 Å². The molecule has 4 nitrogen and oxygen atoms in total. The standard InChI is InChI=1S/C48H28N4S2/c1-3-13-29(14-4-1)44-43-35-19-7-9-22-39(35)54-47(43)50-46(49-44)32-16-11-15-30(27-32)31-25-26-34-38(28-31)51(33-17-5-2-6-18-33)48-42(34)36-20-12-24-41-45(36)52(48)37-21-8-10-23-40(37)53-41/h1-28H. The van der Waals surface area contributed by atoms with E-state index < -0.39 is 0 Å². The molecule has 0 unspecified atom stereocenters. The second-order valence-electron chi connectivity index (χ2n) is 13.8. The van der Waals surface area contributed by atoms with Gasteiger partial charge in [0.1, 0.15) is 10.5 Å². The highest BCUT2D eigenvalue weighted by Crippen LogP contribution is 2.50. The van der Waals surface area contributed by atoms with Gasteiger partial charge in [-0.15, -0.1) is 11.3 Å². The number of hydrogen-bond donors (Lipinski definition) is 0. The minimum Gasteiger partial charge on any atom is -0.295 e. The van der Waals surface area contributed by atoms with Crippen molar-refractivity contribution in [3.8, 4) is 45.1 Å². The number of hydrogen-bond acceptors (Lipinski definition) is 4. The molecule has 6 heteroatoms. The van der Waals surface area contributed by atoms with Gasteiger partial charge in [0.2, 0.25) is 0 Å². The first-order valence-corrected chi connectivity index (χ1v) is 19.7. The van der Waals surface area contributed by atoms with Crippen molar-refractivity contribution in [2.45, 2.75) is 9.79 Å². The minimum atomic E-state index is 0.733. The molecular formula is C48H28N4S2. The zero-order valence-electron chi connectivity index (χ0n) is 28.8. The largest absolute Gasteiger partial charge is 0.295 e. The molecule has 54 heavy (non-hydrogen) atoms. The Hall–Kier alpha value is -6.47. The Bertz CT molecular complexity index is 3300. The van der Waals surface area contributed by atoms with E-state index in [0.29, 0.717) is 0 Å². The summed E-state index contributed by atoms with van der Waals surface area (Å²) in [5.41, 5.74) is 11.3. The fraction of sp³-hybridized carbons (Fsp3) is 0. The van der Waals surface area contributed by atoms with Crippen LogP contribution in [0.2, 0.25) is 0 Å². The van der Waals surface area contributed by atoms with Crippen LogP contribution >= 0.6 is 23.1 Å². The molecule has 5 heterocycles. The first-order valence-electron chi connectivity index (χ1n) is 18.1. The lowest BCUT2D eigenvalue weighted by Gasteiger charge is -2.21. The molecule has 1 aliphatic heterocycles. The van der Waals surface area contributed by atoms with E-state index in [0.717, 1.165) is 49.7 Å². The first-order chi connectivity index (χ1) is 26.8. The zero-order chi connectivity index (χ0) is 35.3. The molecule has 11 aromatic rings. The molecule has 0 N–H and O–H groups in total. The molecule has 0 spiro atoms. The number of fused-ring (bicyclic) bond motifs is 10. The first kappa shape index (κ1) is 30.0. The minimum absolute atomic E-state index is 0.733. The second-order valence-corrected chi connectivity index (χ2v) is 15.9. The van der Waals surface area contributed by atoms with Gasteiger partial charge in [-0.3, -0.25) is 9.13 Å². The Morgan fingerprint density at radius 1 is 0.463 bits per heavy atom. The van der Waals surface area contributed by atoms with Crippen molar-refractivity contribution in [3.63, 3.8) is 0 Å². The number of para-hydroxylation sites is 3. The molecular weight excluding hydrogens is 697 g/mol. The fourth-order valence-electron chi connectivity index (χ4n) is 8.39. The third-order valence-electron chi connectivity index (χ3n) is 10.7. The van der Waals surface area contributed by atoms with E-state index in [1.54, 1.807) is 11.3 Å². The molecule has 252 valence electrons. The maximum absolute atomic E-state index is 5.29. The molecule has 12 rings (SSSR count). The molecule has 0 saturated carbocycles. The van der Waals surface area contributed by atoms with Crippen LogP contribution in [0, 0.1) is 0 Å². The fourth-order valence-corrected chi connectivity index (χ4v) is 10.6. The van der Waals surface area contributed by atoms with Crippen molar-refractivity contribution in [1.29, 1.82) is 0 Å². The summed E-state index contributed by atoms with van der Waals surface area (Å²) in [7, 11) is 0. The number of aromatic nitrogens is 4. The van der Waals surface area contributed by atoms with Gasteiger partial charge in [0.15, 0.2) is 5.82 Å². The van der Waals surface area contributed by atoms with Gasteiger partial charge >= 0.3 is 0 Å². The summed E-state index contributed by atoms with van der Waals surface area (Å²) in [6, 6.07) is 61.0. The molecule has 0 bridgehead atoms. The molecule has 4 aromatic heterocycles. The van der Waals surface area contributed by atoms with E-state index in [-0.39, 0.29) is 0 Å². The number of thiophene rings is 1. The number of nitrogens with zero attached hydrogens (tertiary/aromatic N) is 4. The summed E-state index contributed by atoms with van der Waals surface area (Å²) in [6.07, 6.45) is 0. The Kier molecular flexibility index (Phi) is 6.40. The van der Waals surface area contributed by atoms with Crippen molar-refractivity contribution < 1.29 is 0 Å². The summed E-state index contributed by atoms with van der Waals surface area (Å²) in [5.74, 6) is 0.733. The van der Waals surface area contributed by atoms with Crippen molar-refractivity contribution in [1.82, 2.24) is 19.1 Å². The summed E-state index contributed by atoms with van der Waals surface area (Å²) in [4.78, 5) is 14.1. The highest BCUT2D eigenvalue weighted by atomic mass is 32.2. The van der Waals surface area contributed by atoms with Crippen LogP contribution < -0.4 is 0 Å². The molecule has 0 saturated heterocycles. The van der Waals surface area contributed by atoms with Crippen LogP contribution in [0.5, 0.6) is 0 Å². The van der Waals surface area contributed by atoms with Crippen LogP contribution in [0.1, 0.15) is 0 Å². The van der Waals surface area contributed by atoms with E-state index >= 15 is 0 Å². The summed E-state index contributed by atoms with van der Waals surface area (Å²) < 4.78 is 6.17. The maximum atomic E-state index is 5.29. The molecule has 0 aliphatic carbocycles. The van der Waals surface area contributed by atoms with Crippen LogP contribution in [-0.2, 0) is 0 Å². The Morgan fingerprint density at radius 2 is 1.17 bits per heavy atom. The van der Waals surface area contributed by atoms with E-state index in [9.17, 15) is 0 Å². The summed E-state index contributed by atoms with van der Waals surface area (Å²) >= 11 is 3.59. The molecule has 0 fully saturated rings. The summed E-state index contributed by atoms with van der Waals surface area (Å²) in [5, 5.41) is 6.11. The van der Waals surface area contributed by atoms with Gasteiger partial charge in [-0.2, -0.15) is 0 Å². The maximum Gasteiger partial charge on any atom is 0.161 e. The van der Waals surface area contributed by atoms with Crippen LogP contribution in [0.4, 0.5) is 0 Å². The molecule has 7 aromatic carbocycles. The Labute approximate surface area is 318 Å². The van der Waals surface area contributed by atoms with E-state index in [4.69, 9.17) is 9.97 Å². The van der Waals surface area contributed by atoms with Crippen LogP contribution in [0.3, 0.4) is 0 Å². The van der Waals surface area contributed by atoms with E-state index in [1.165, 1.54) is 58.4 Å². The lowest BCUT2D eigenvalue weighted by atomic mass is 10.0. The molecule has 0 radical (unpaired) electrons. The van der Waals surface area contributed by atoms with Gasteiger partial charge in [-0.25, -0.2) is 9.97 Å². The molecule has 0 amide bonds. The van der Waals surface area contributed by atoms with Crippen molar-refractivity contribution in [3.05, 3.63) is 170 Å². The van der Waals surface area contributed by atoms with Gasteiger partial charge in [-0.1, -0.05) is 133 Å². The smallest absolute Gasteiger partial charge is 0.161 e. The quantitative estimate of drug-likeness (QED) is 0.181.